The second kappa shape index (κ2) is 10.8. The highest BCUT2D eigenvalue weighted by molar-refractivity contribution is 14.0. The highest BCUT2D eigenvalue weighted by atomic mass is 127. The Morgan fingerprint density at radius 3 is 2.28 bits per heavy atom. The Labute approximate surface area is 129 Å². The summed E-state index contributed by atoms with van der Waals surface area (Å²) in [6.45, 7) is 10.1. The average molecular weight is 371 g/mol. The third-order valence-electron chi connectivity index (χ3n) is 3.45. The molecule has 0 aromatic carbocycles. The van der Waals surface area contributed by atoms with Gasteiger partial charge in [0.05, 0.1) is 13.2 Å². The maximum Gasteiger partial charge on any atom is 0.188 e. The van der Waals surface area contributed by atoms with Crippen molar-refractivity contribution in [2.75, 3.05) is 19.7 Å². The molecule has 0 aliphatic rings. The lowest BCUT2D eigenvalue weighted by Crippen LogP contribution is -2.35. The largest absolute Gasteiger partial charge is 0.396 e. The van der Waals surface area contributed by atoms with Crippen LogP contribution in [0.5, 0.6) is 0 Å². The van der Waals surface area contributed by atoms with Crippen LogP contribution in [0.15, 0.2) is 4.99 Å². The van der Waals surface area contributed by atoms with Crippen LogP contribution in [0.4, 0.5) is 0 Å². The Kier molecular flexibility index (Phi) is 12.2. The van der Waals surface area contributed by atoms with E-state index < -0.39 is 0 Å². The molecule has 0 aliphatic carbocycles. The van der Waals surface area contributed by atoms with Crippen LogP contribution in [-0.4, -0.2) is 30.8 Å². The minimum atomic E-state index is -0.107. The van der Waals surface area contributed by atoms with Crippen molar-refractivity contribution in [2.24, 2.45) is 22.1 Å². The number of nitrogens with two attached hydrogens (primary N) is 1. The molecule has 0 aliphatic heterocycles. The van der Waals surface area contributed by atoms with Gasteiger partial charge in [0.15, 0.2) is 5.96 Å². The van der Waals surface area contributed by atoms with Crippen molar-refractivity contribution < 1.29 is 5.11 Å². The van der Waals surface area contributed by atoms with Crippen molar-refractivity contribution in [3.05, 3.63) is 0 Å². The number of hydrogen-bond donors (Lipinski definition) is 3. The maximum absolute atomic E-state index is 9.41. The van der Waals surface area contributed by atoms with Gasteiger partial charge >= 0.3 is 0 Å². The number of hydrogen-bond acceptors (Lipinski definition) is 2. The van der Waals surface area contributed by atoms with Crippen LogP contribution < -0.4 is 11.1 Å². The molecule has 0 aromatic heterocycles. The second-order valence-corrected chi connectivity index (χ2v) is 5.18. The average Bonchev–Trinajstić information content (AvgIpc) is 2.31. The predicted octanol–water partition coefficient (Wildman–Crippen LogP) is 2.35. The van der Waals surface area contributed by atoms with Gasteiger partial charge in [-0.3, -0.25) is 4.99 Å². The van der Waals surface area contributed by atoms with Crippen molar-refractivity contribution in [3.8, 4) is 0 Å². The highest BCUT2D eigenvalue weighted by Gasteiger charge is 2.24. The fourth-order valence-corrected chi connectivity index (χ4v) is 1.54. The Morgan fingerprint density at radius 2 is 1.89 bits per heavy atom. The summed E-state index contributed by atoms with van der Waals surface area (Å²) >= 11 is 0. The van der Waals surface area contributed by atoms with Crippen LogP contribution in [0.2, 0.25) is 0 Å². The highest BCUT2D eigenvalue weighted by Crippen LogP contribution is 2.25. The molecule has 5 heteroatoms. The van der Waals surface area contributed by atoms with E-state index >= 15 is 0 Å². The molecule has 0 saturated heterocycles. The van der Waals surface area contributed by atoms with Crippen LogP contribution in [0.25, 0.3) is 0 Å². The van der Waals surface area contributed by atoms with Gasteiger partial charge in [0.1, 0.15) is 0 Å². The second-order valence-electron chi connectivity index (χ2n) is 5.18. The molecule has 0 aromatic rings. The lowest BCUT2D eigenvalue weighted by atomic mass is 9.83. The predicted molar refractivity (Wildman–Crippen MR) is 89.5 cm³/mol. The molecule has 0 unspecified atom stereocenters. The molecule has 18 heavy (non-hydrogen) atoms. The lowest BCUT2D eigenvalue weighted by Gasteiger charge is -2.27. The zero-order valence-corrected chi connectivity index (χ0v) is 14.5. The van der Waals surface area contributed by atoms with E-state index in [1.54, 1.807) is 0 Å². The van der Waals surface area contributed by atoms with Gasteiger partial charge in [0, 0.05) is 12.0 Å². The Hall–Kier alpha value is -0.0400. The fraction of sp³-hybridized carbons (Fsp3) is 0.923. The minimum Gasteiger partial charge on any atom is -0.396 e. The van der Waals surface area contributed by atoms with Gasteiger partial charge < -0.3 is 16.2 Å². The number of halogens is 1. The first kappa shape index (κ1) is 20.3. The van der Waals surface area contributed by atoms with E-state index in [4.69, 9.17) is 5.73 Å². The summed E-state index contributed by atoms with van der Waals surface area (Å²) in [5.41, 5.74) is 5.68. The van der Waals surface area contributed by atoms with Crippen LogP contribution in [0.1, 0.15) is 47.0 Å². The summed E-state index contributed by atoms with van der Waals surface area (Å²) < 4.78 is 0. The SMILES string of the molecule is CCC(CC)(CO)CN=C(N)NCCC(C)C.I. The number of aliphatic hydroxyl groups excluding tert-OH is 1. The summed E-state index contributed by atoms with van der Waals surface area (Å²) in [5.74, 6) is 1.16. The van der Waals surface area contributed by atoms with Crippen LogP contribution >= 0.6 is 24.0 Å². The summed E-state index contributed by atoms with van der Waals surface area (Å²) in [6.07, 6.45) is 2.93. The quantitative estimate of drug-likeness (QED) is 0.349. The molecule has 0 radical (unpaired) electrons. The number of aliphatic hydroxyl groups is 1. The smallest absolute Gasteiger partial charge is 0.188 e. The molecular formula is C13H30IN3O. The van der Waals surface area contributed by atoms with Crippen LogP contribution in [-0.2, 0) is 0 Å². The number of aliphatic imine (C=N–C) groups is 1. The zero-order chi connectivity index (χ0) is 13.3. The topological polar surface area (TPSA) is 70.6 Å². The molecule has 0 heterocycles. The van der Waals surface area contributed by atoms with Gasteiger partial charge in [0.2, 0.25) is 0 Å². The van der Waals surface area contributed by atoms with Gasteiger partial charge in [0.25, 0.3) is 0 Å². The Morgan fingerprint density at radius 1 is 1.33 bits per heavy atom. The molecule has 0 rings (SSSR count). The third kappa shape index (κ3) is 8.13. The molecule has 0 amide bonds. The fourth-order valence-electron chi connectivity index (χ4n) is 1.54. The van der Waals surface area contributed by atoms with Crippen molar-refractivity contribution in [1.82, 2.24) is 5.32 Å². The maximum atomic E-state index is 9.41. The van der Waals surface area contributed by atoms with Crippen LogP contribution in [0, 0.1) is 11.3 Å². The number of guanidine groups is 1. The Bertz CT molecular complexity index is 220. The number of nitrogens with zero attached hydrogens (tertiary/aromatic N) is 1. The Balaban J connectivity index is 0. The molecule has 0 atom stereocenters. The molecule has 4 N–H and O–H groups in total. The molecule has 4 nitrogen and oxygen atoms in total. The summed E-state index contributed by atoms with van der Waals surface area (Å²) in [5, 5.41) is 12.5. The van der Waals surface area contributed by atoms with E-state index in [0.29, 0.717) is 18.4 Å². The van der Waals surface area contributed by atoms with E-state index in [-0.39, 0.29) is 36.0 Å². The van der Waals surface area contributed by atoms with Gasteiger partial charge in [-0.2, -0.15) is 0 Å². The molecule has 110 valence electrons. The third-order valence-corrected chi connectivity index (χ3v) is 3.45. The first-order valence-electron chi connectivity index (χ1n) is 6.64. The molecule has 0 bridgehead atoms. The number of nitrogens with one attached hydrogen (secondary N) is 1. The van der Waals surface area contributed by atoms with Gasteiger partial charge in [-0.05, 0) is 25.2 Å². The van der Waals surface area contributed by atoms with Crippen molar-refractivity contribution in [1.29, 1.82) is 0 Å². The molecule has 0 saturated carbocycles. The molecule has 0 spiro atoms. The lowest BCUT2D eigenvalue weighted by molar-refractivity contribution is 0.123. The van der Waals surface area contributed by atoms with E-state index in [0.717, 1.165) is 25.8 Å². The van der Waals surface area contributed by atoms with Crippen molar-refractivity contribution in [2.45, 2.75) is 47.0 Å². The summed E-state index contributed by atoms with van der Waals surface area (Å²) in [6, 6.07) is 0. The zero-order valence-electron chi connectivity index (χ0n) is 12.2. The van der Waals surface area contributed by atoms with Gasteiger partial charge in [-0.1, -0.05) is 27.7 Å². The van der Waals surface area contributed by atoms with E-state index in [1.807, 2.05) is 0 Å². The van der Waals surface area contributed by atoms with E-state index in [2.05, 4.69) is 38.0 Å². The molecular weight excluding hydrogens is 341 g/mol. The normalized spacial score (nSPS) is 12.4. The first-order chi connectivity index (χ1) is 7.99. The van der Waals surface area contributed by atoms with E-state index in [9.17, 15) is 5.11 Å². The monoisotopic (exact) mass is 371 g/mol. The van der Waals surface area contributed by atoms with Crippen LogP contribution in [0.3, 0.4) is 0 Å². The minimum absolute atomic E-state index is 0. The summed E-state index contributed by atoms with van der Waals surface area (Å²) in [7, 11) is 0. The first-order valence-corrected chi connectivity index (χ1v) is 6.64. The van der Waals surface area contributed by atoms with Crippen molar-refractivity contribution >= 4 is 29.9 Å². The standard InChI is InChI=1S/C13H29N3O.HI/c1-5-13(6-2,10-17)9-16-12(14)15-8-7-11(3)4;/h11,17H,5-10H2,1-4H3,(H3,14,15,16);1H. The number of rotatable bonds is 8. The van der Waals surface area contributed by atoms with Gasteiger partial charge in [-0.25, -0.2) is 0 Å². The molecule has 0 fully saturated rings. The summed E-state index contributed by atoms with van der Waals surface area (Å²) in [4.78, 5) is 4.33. The van der Waals surface area contributed by atoms with Crippen molar-refractivity contribution in [3.63, 3.8) is 0 Å². The van der Waals surface area contributed by atoms with E-state index in [1.165, 1.54) is 0 Å². The van der Waals surface area contributed by atoms with Gasteiger partial charge in [-0.15, -0.1) is 24.0 Å².